The Labute approximate surface area is 138 Å². The summed E-state index contributed by atoms with van der Waals surface area (Å²) in [6.45, 7) is 1.59. The first-order chi connectivity index (χ1) is 11.7. The van der Waals surface area contributed by atoms with E-state index in [9.17, 15) is 9.59 Å². The molecule has 0 bridgehead atoms. The van der Waals surface area contributed by atoms with Crippen molar-refractivity contribution < 1.29 is 18.7 Å². The molecule has 0 saturated heterocycles. The lowest BCUT2D eigenvalue weighted by molar-refractivity contribution is -0.142. The fourth-order valence-corrected chi connectivity index (χ4v) is 2.40. The van der Waals surface area contributed by atoms with Crippen LogP contribution < -0.4 is 5.32 Å². The summed E-state index contributed by atoms with van der Waals surface area (Å²) < 4.78 is 10.6. The van der Waals surface area contributed by atoms with Crippen LogP contribution in [-0.2, 0) is 14.3 Å². The second-order valence-corrected chi connectivity index (χ2v) is 5.28. The largest absolute Gasteiger partial charge is 0.456 e. The van der Waals surface area contributed by atoms with Gasteiger partial charge in [-0.3, -0.25) is 4.79 Å². The van der Waals surface area contributed by atoms with Crippen LogP contribution in [0.1, 0.15) is 13.3 Å². The molecule has 0 fully saturated rings. The Morgan fingerprint density at radius 1 is 1.12 bits per heavy atom. The molecule has 0 atom stereocenters. The van der Waals surface area contributed by atoms with Crippen molar-refractivity contribution in [3.8, 4) is 0 Å². The highest BCUT2D eigenvalue weighted by Crippen LogP contribution is 2.30. The number of hydrogen-bond donors (Lipinski definition) is 1. The van der Waals surface area contributed by atoms with E-state index in [-0.39, 0.29) is 12.5 Å². The zero-order valence-electron chi connectivity index (χ0n) is 13.2. The van der Waals surface area contributed by atoms with Gasteiger partial charge in [0.15, 0.2) is 6.61 Å². The lowest BCUT2D eigenvalue weighted by Gasteiger charge is -2.05. The van der Waals surface area contributed by atoms with Gasteiger partial charge in [-0.2, -0.15) is 0 Å². The van der Waals surface area contributed by atoms with Crippen LogP contribution in [0.25, 0.3) is 21.9 Å². The molecule has 122 valence electrons. The van der Waals surface area contributed by atoms with Gasteiger partial charge in [0.2, 0.25) is 0 Å². The van der Waals surface area contributed by atoms with E-state index < -0.39 is 5.97 Å². The number of carbonyl (C=O) groups is 2. The van der Waals surface area contributed by atoms with Gasteiger partial charge in [0.05, 0.1) is 0 Å². The Kier molecular flexibility index (Phi) is 4.61. The van der Waals surface area contributed by atoms with Crippen LogP contribution in [0.5, 0.6) is 0 Å². The number of benzene rings is 2. The summed E-state index contributed by atoms with van der Waals surface area (Å²) >= 11 is 0. The zero-order valence-corrected chi connectivity index (χ0v) is 13.2. The van der Waals surface area contributed by atoms with Crippen molar-refractivity contribution >= 4 is 39.5 Å². The zero-order chi connectivity index (χ0) is 16.9. The smallest absolute Gasteiger partial charge is 0.330 e. The maximum Gasteiger partial charge on any atom is 0.330 e. The number of hydrogen-bond acceptors (Lipinski definition) is 4. The number of esters is 1. The predicted molar refractivity (Wildman–Crippen MR) is 92.7 cm³/mol. The number of nitrogens with one attached hydrogen (secondary N) is 1. The number of fused-ring (bicyclic) bond motifs is 3. The molecule has 1 heterocycles. The van der Waals surface area contributed by atoms with Crippen molar-refractivity contribution in [2.75, 3.05) is 11.9 Å². The Hall–Kier alpha value is -3.08. The Balaban J connectivity index is 1.71. The molecule has 0 aliphatic carbocycles. The van der Waals surface area contributed by atoms with Gasteiger partial charge in [-0.1, -0.05) is 31.2 Å². The van der Waals surface area contributed by atoms with Crippen LogP contribution in [0.2, 0.25) is 0 Å². The van der Waals surface area contributed by atoms with E-state index in [0.29, 0.717) is 5.69 Å². The summed E-state index contributed by atoms with van der Waals surface area (Å²) in [6.07, 6.45) is 3.73. The van der Waals surface area contributed by atoms with E-state index in [2.05, 4.69) is 5.32 Å². The van der Waals surface area contributed by atoms with Crippen LogP contribution in [0.3, 0.4) is 0 Å². The number of anilines is 1. The molecule has 0 radical (unpaired) electrons. The molecular weight excluding hydrogens is 306 g/mol. The van der Waals surface area contributed by atoms with E-state index in [1.807, 2.05) is 37.3 Å². The first-order valence-corrected chi connectivity index (χ1v) is 7.72. The van der Waals surface area contributed by atoms with Crippen LogP contribution in [0, 0.1) is 0 Å². The summed E-state index contributed by atoms with van der Waals surface area (Å²) in [4.78, 5) is 23.2. The van der Waals surface area contributed by atoms with E-state index >= 15 is 0 Å². The molecule has 3 rings (SSSR count). The van der Waals surface area contributed by atoms with Crippen molar-refractivity contribution in [3.63, 3.8) is 0 Å². The molecule has 5 heteroatoms. The second kappa shape index (κ2) is 7.00. The highest BCUT2D eigenvalue weighted by molar-refractivity contribution is 6.07. The predicted octanol–water partition coefficient (Wildman–Crippen LogP) is 4.03. The molecule has 2 aromatic carbocycles. The topological polar surface area (TPSA) is 68.5 Å². The van der Waals surface area contributed by atoms with Crippen LogP contribution in [0.4, 0.5) is 5.69 Å². The molecule has 1 amide bonds. The number of amides is 1. The monoisotopic (exact) mass is 323 g/mol. The van der Waals surface area contributed by atoms with E-state index in [0.717, 1.165) is 28.4 Å². The number of carbonyl (C=O) groups excluding carboxylic acids is 2. The lowest BCUT2D eigenvalue weighted by Crippen LogP contribution is -2.20. The van der Waals surface area contributed by atoms with Crippen LogP contribution >= 0.6 is 0 Å². The molecule has 0 aliphatic heterocycles. The van der Waals surface area contributed by atoms with Crippen molar-refractivity contribution in [1.29, 1.82) is 0 Å². The minimum Gasteiger partial charge on any atom is -0.456 e. The minimum atomic E-state index is -0.525. The standard InChI is InChI=1S/C19H17NO4/c1-2-3-8-19(22)23-12-18(21)20-13-9-10-17-15(11-13)14-6-4-5-7-16(14)24-17/h3-11H,2,12H2,1H3,(H,20,21)/b8-3+. The van der Waals surface area contributed by atoms with Gasteiger partial charge in [0.25, 0.3) is 5.91 Å². The number of furan rings is 1. The number of para-hydroxylation sites is 1. The van der Waals surface area contributed by atoms with E-state index in [4.69, 9.17) is 9.15 Å². The van der Waals surface area contributed by atoms with Crippen LogP contribution in [-0.4, -0.2) is 18.5 Å². The number of allylic oxidation sites excluding steroid dienone is 1. The Bertz CT molecular complexity index is 923. The average molecular weight is 323 g/mol. The van der Waals surface area contributed by atoms with Gasteiger partial charge in [-0.15, -0.1) is 0 Å². The van der Waals surface area contributed by atoms with E-state index in [1.54, 1.807) is 18.2 Å². The minimum absolute atomic E-state index is 0.322. The van der Waals surface area contributed by atoms with Crippen molar-refractivity contribution in [2.24, 2.45) is 0 Å². The molecule has 0 unspecified atom stereocenters. The number of ether oxygens (including phenoxy) is 1. The fraction of sp³-hybridized carbons (Fsp3) is 0.158. The summed E-state index contributed by atoms with van der Waals surface area (Å²) in [5, 5.41) is 4.63. The van der Waals surface area contributed by atoms with Gasteiger partial charge in [-0.05, 0) is 30.7 Å². The van der Waals surface area contributed by atoms with Crippen molar-refractivity contribution in [1.82, 2.24) is 0 Å². The second-order valence-electron chi connectivity index (χ2n) is 5.28. The lowest BCUT2D eigenvalue weighted by atomic mass is 10.1. The van der Waals surface area contributed by atoms with Gasteiger partial charge in [0.1, 0.15) is 11.2 Å². The quantitative estimate of drug-likeness (QED) is 0.568. The highest BCUT2D eigenvalue weighted by Gasteiger charge is 2.09. The Morgan fingerprint density at radius 2 is 1.92 bits per heavy atom. The van der Waals surface area contributed by atoms with Crippen molar-refractivity contribution in [3.05, 3.63) is 54.6 Å². The Morgan fingerprint density at radius 3 is 2.75 bits per heavy atom. The molecular formula is C19H17NO4. The maximum absolute atomic E-state index is 11.9. The molecule has 0 saturated carbocycles. The third kappa shape index (κ3) is 3.46. The fourth-order valence-electron chi connectivity index (χ4n) is 2.40. The van der Waals surface area contributed by atoms with Gasteiger partial charge in [-0.25, -0.2) is 4.79 Å². The first-order valence-electron chi connectivity index (χ1n) is 7.72. The van der Waals surface area contributed by atoms with Crippen molar-refractivity contribution in [2.45, 2.75) is 13.3 Å². The number of rotatable bonds is 5. The van der Waals surface area contributed by atoms with Gasteiger partial charge >= 0.3 is 5.97 Å². The van der Waals surface area contributed by atoms with Gasteiger partial charge in [0, 0.05) is 22.5 Å². The SMILES string of the molecule is CC/C=C/C(=O)OCC(=O)Nc1ccc2oc3ccccc3c2c1. The molecule has 0 spiro atoms. The molecule has 1 N–H and O–H groups in total. The van der Waals surface area contributed by atoms with E-state index in [1.165, 1.54) is 6.08 Å². The molecule has 3 aromatic rings. The summed E-state index contributed by atoms with van der Waals surface area (Å²) in [6, 6.07) is 13.1. The average Bonchev–Trinajstić information content (AvgIpc) is 2.96. The molecule has 5 nitrogen and oxygen atoms in total. The molecule has 0 aliphatic rings. The highest BCUT2D eigenvalue weighted by atomic mass is 16.5. The van der Waals surface area contributed by atoms with Gasteiger partial charge < -0.3 is 14.5 Å². The normalized spacial score (nSPS) is 11.2. The summed E-state index contributed by atoms with van der Waals surface area (Å²) in [5.41, 5.74) is 2.18. The molecule has 1 aromatic heterocycles. The third-order valence-corrected chi connectivity index (χ3v) is 3.50. The summed E-state index contributed by atoms with van der Waals surface area (Å²) in [5.74, 6) is -0.913. The van der Waals surface area contributed by atoms with Crippen LogP contribution in [0.15, 0.2) is 59.0 Å². The third-order valence-electron chi connectivity index (χ3n) is 3.50. The molecule has 24 heavy (non-hydrogen) atoms. The summed E-state index contributed by atoms with van der Waals surface area (Å²) in [7, 11) is 0. The maximum atomic E-state index is 11.9. The first kappa shape index (κ1) is 15.8.